The van der Waals surface area contributed by atoms with Gasteiger partial charge in [-0.2, -0.15) is 9.69 Å². The molecule has 1 amide bonds. The normalized spacial score (nSPS) is 14.5. The number of imidazole rings is 1. The molecule has 4 N–H and O–H groups in total. The van der Waals surface area contributed by atoms with Crippen LogP contribution in [0.1, 0.15) is 18.4 Å². The average molecular weight is 418 g/mol. The molecule has 31 heavy (non-hydrogen) atoms. The smallest absolute Gasteiger partial charge is 0.431 e. The zero-order valence-corrected chi connectivity index (χ0v) is 16.8. The third-order valence-corrected chi connectivity index (χ3v) is 5.70. The quantitative estimate of drug-likeness (QED) is 0.469. The number of aromatic nitrogens is 3. The number of aromatic amines is 1. The third-order valence-electron chi connectivity index (χ3n) is 5.70. The van der Waals surface area contributed by atoms with E-state index in [2.05, 4.69) is 14.9 Å². The molecule has 0 radical (unpaired) electrons. The summed E-state index contributed by atoms with van der Waals surface area (Å²) in [5, 5.41) is 11.6. The summed E-state index contributed by atoms with van der Waals surface area (Å²) in [5.41, 5.74) is 8.16. The molecular weight excluding hydrogens is 396 g/mol. The Morgan fingerprint density at radius 1 is 1.13 bits per heavy atom. The van der Waals surface area contributed by atoms with Crippen molar-refractivity contribution in [1.82, 2.24) is 19.5 Å². The number of carbonyl (C=O) groups is 1. The number of hydrogen-bond acceptors (Lipinski definition) is 5. The highest BCUT2D eigenvalue weighted by molar-refractivity contribution is 6.07. The first-order chi connectivity index (χ1) is 15.0. The van der Waals surface area contributed by atoms with Crippen molar-refractivity contribution in [3.63, 3.8) is 0 Å². The van der Waals surface area contributed by atoms with Gasteiger partial charge in [0, 0.05) is 11.9 Å². The first kappa shape index (κ1) is 19.1. The first-order valence-electron chi connectivity index (χ1n) is 10.2. The molecule has 0 atom stereocenters. The standard InChI is InChI=1S/C22H22N6O3/c23-20-18-19(16-5-1-2-6-17(16)24-20)28(21(29)25-18)27(22(30)31)15-9-7-14(8-10-15)13-26-11-3-4-12-26/h1-2,5-10H,3-4,11-13H2,(H2,23,24)(H,25,29)(H,30,31). The van der Waals surface area contributed by atoms with Crippen LogP contribution in [0.25, 0.3) is 21.9 Å². The van der Waals surface area contributed by atoms with Gasteiger partial charge in [0.05, 0.1) is 11.2 Å². The Morgan fingerprint density at radius 2 is 1.84 bits per heavy atom. The van der Waals surface area contributed by atoms with Gasteiger partial charge in [0.25, 0.3) is 0 Å². The third kappa shape index (κ3) is 3.28. The van der Waals surface area contributed by atoms with E-state index < -0.39 is 11.8 Å². The van der Waals surface area contributed by atoms with Gasteiger partial charge in [-0.25, -0.2) is 14.6 Å². The molecule has 9 nitrogen and oxygen atoms in total. The first-order valence-corrected chi connectivity index (χ1v) is 10.2. The van der Waals surface area contributed by atoms with Gasteiger partial charge in [-0.1, -0.05) is 30.3 Å². The number of fused-ring (bicyclic) bond motifs is 3. The van der Waals surface area contributed by atoms with Gasteiger partial charge in [0.1, 0.15) is 16.9 Å². The molecule has 4 aromatic rings. The van der Waals surface area contributed by atoms with Gasteiger partial charge in [-0.05, 0) is 49.7 Å². The molecule has 1 fully saturated rings. The fraction of sp³-hybridized carbons (Fsp3) is 0.227. The lowest BCUT2D eigenvalue weighted by molar-refractivity contribution is 0.199. The number of pyridine rings is 1. The molecule has 2 aromatic heterocycles. The number of amides is 1. The molecule has 158 valence electrons. The van der Waals surface area contributed by atoms with E-state index in [9.17, 15) is 14.7 Å². The van der Waals surface area contributed by atoms with E-state index in [0.29, 0.717) is 27.6 Å². The summed E-state index contributed by atoms with van der Waals surface area (Å²) in [6.07, 6.45) is 1.13. The Labute approximate surface area is 177 Å². The van der Waals surface area contributed by atoms with Gasteiger partial charge in [0.2, 0.25) is 0 Å². The number of likely N-dealkylation sites (tertiary alicyclic amines) is 1. The average Bonchev–Trinajstić information content (AvgIpc) is 3.38. The lowest BCUT2D eigenvalue weighted by Gasteiger charge is -2.21. The molecule has 0 bridgehead atoms. The maximum atomic E-state index is 12.9. The summed E-state index contributed by atoms with van der Waals surface area (Å²) in [6, 6.07) is 14.4. The van der Waals surface area contributed by atoms with Crippen molar-refractivity contribution >= 4 is 39.5 Å². The highest BCUT2D eigenvalue weighted by Gasteiger charge is 2.24. The summed E-state index contributed by atoms with van der Waals surface area (Å²) in [6.45, 7) is 2.99. The zero-order chi connectivity index (χ0) is 21.5. The van der Waals surface area contributed by atoms with Crippen LogP contribution in [-0.2, 0) is 6.54 Å². The number of H-pyrrole nitrogens is 1. The van der Waals surface area contributed by atoms with Gasteiger partial charge in [-0.3, -0.25) is 4.90 Å². The fourth-order valence-corrected chi connectivity index (χ4v) is 4.26. The maximum absolute atomic E-state index is 12.9. The lowest BCUT2D eigenvalue weighted by Crippen LogP contribution is -2.41. The second-order valence-corrected chi connectivity index (χ2v) is 7.72. The number of anilines is 2. The van der Waals surface area contributed by atoms with Crippen molar-refractivity contribution in [1.29, 1.82) is 0 Å². The zero-order valence-electron chi connectivity index (χ0n) is 16.8. The van der Waals surface area contributed by atoms with Crippen LogP contribution in [0.15, 0.2) is 53.3 Å². The largest absolute Gasteiger partial charge is 0.463 e. The van der Waals surface area contributed by atoms with Crippen LogP contribution in [0.5, 0.6) is 0 Å². The van der Waals surface area contributed by atoms with Crippen LogP contribution in [0, 0.1) is 0 Å². The Kier molecular flexibility index (Phi) is 4.59. The fourth-order valence-electron chi connectivity index (χ4n) is 4.26. The van der Waals surface area contributed by atoms with E-state index in [1.807, 2.05) is 18.2 Å². The van der Waals surface area contributed by atoms with E-state index in [0.717, 1.165) is 34.9 Å². The molecule has 1 aliphatic rings. The molecule has 3 heterocycles. The summed E-state index contributed by atoms with van der Waals surface area (Å²) < 4.78 is 1.10. The number of nitrogens with two attached hydrogens (primary N) is 1. The van der Waals surface area contributed by atoms with Crippen LogP contribution < -0.4 is 16.4 Å². The molecule has 0 unspecified atom stereocenters. The number of rotatable bonds is 4. The summed E-state index contributed by atoms with van der Waals surface area (Å²) in [5.74, 6) is 0.135. The minimum Gasteiger partial charge on any atom is -0.463 e. The number of nitrogens with one attached hydrogen (secondary N) is 1. The van der Waals surface area contributed by atoms with Gasteiger partial charge in [-0.15, -0.1) is 0 Å². The molecule has 0 aliphatic carbocycles. The second kappa shape index (κ2) is 7.44. The summed E-state index contributed by atoms with van der Waals surface area (Å²) in [7, 11) is 0. The minimum absolute atomic E-state index is 0.135. The van der Waals surface area contributed by atoms with Crippen LogP contribution in [0.3, 0.4) is 0 Å². The molecule has 9 heteroatoms. The molecular formula is C22H22N6O3. The number of para-hydroxylation sites is 1. The van der Waals surface area contributed by atoms with E-state index in [1.165, 1.54) is 12.8 Å². The van der Waals surface area contributed by atoms with Crippen molar-refractivity contribution in [3.8, 4) is 0 Å². The van der Waals surface area contributed by atoms with Crippen LogP contribution in [-0.4, -0.2) is 43.8 Å². The Balaban J connectivity index is 1.63. The predicted molar refractivity (Wildman–Crippen MR) is 119 cm³/mol. The SMILES string of the molecule is Nc1nc2ccccc2c2c1[nH]c(=O)n2N(C(=O)O)c1ccc(CN2CCCC2)cc1. The lowest BCUT2D eigenvalue weighted by atomic mass is 10.2. The number of hydrogen-bond donors (Lipinski definition) is 3. The van der Waals surface area contributed by atoms with Crippen molar-refractivity contribution < 1.29 is 9.90 Å². The van der Waals surface area contributed by atoms with Crippen molar-refractivity contribution in [2.24, 2.45) is 0 Å². The summed E-state index contributed by atoms with van der Waals surface area (Å²) >= 11 is 0. The molecule has 0 saturated carbocycles. The number of carboxylic acid groups (broad SMARTS) is 1. The molecule has 0 spiro atoms. The van der Waals surface area contributed by atoms with Gasteiger partial charge >= 0.3 is 11.8 Å². The highest BCUT2D eigenvalue weighted by atomic mass is 16.4. The van der Waals surface area contributed by atoms with Crippen LogP contribution >= 0.6 is 0 Å². The van der Waals surface area contributed by atoms with Gasteiger partial charge < -0.3 is 15.8 Å². The van der Waals surface area contributed by atoms with Crippen molar-refractivity contribution in [2.75, 3.05) is 23.8 Å². The number of benzene rings is 2. The van der Waals surface area contributed by atoms with Crippen LogP contribution in [0.2, 0.25) is 0 Å². The minimum atomic E-state index is -1.28. The van der Waals surface area contributed by atoms with Gasteiger partial charge in [0.15, 0.2) is 0 Å². The Hall–Kier alpha value is -3.85. The summed E-state index contributed by atoms with van der Waals surface area (Å²) in [4.78, 5) is 34.5. The van der Waals surface area contributed by atoms with Crippen molar-refractivity contribution in [2.45, 2.75) is 19.4 Å². The molecule has 1 aliphatic heterocycles. The van der Waals surface area contributed by atoms with Crippen LogP contribution in [0.4, 0.5) is 16.3 Å². The van der Waals surface area contributed by atoms with E-state index in [4.69, 9.17) is 5.73 Å². The Bertz CT molecular complexity index is 1340. The maximum Gasteiger partial charge on any atom is 0.431 e. The molecule has 2 aromatic carbocycles. The topological polar surface area (TPSA) is 120 Å². The Morgan fingerprint density at radius 3 is 2.55 bits per heavy atom. The molecule has 1 saturated heterocycles. The van der Waals surface area contributed by atoms with E-state index in [1.54, 1.807) is 30.3 Å². The number of nitrogen functional groups attached to an aromatic ring is 1. The van der Waals surface area contributed by atoms with E-state index >= 15 is 0 Å². The predicted octanol–water partition coefficient (Wildman–Crippen LogP) is 3.00. The van der Waals surface area contributed by atoms with Crippen molar-refractivity contribution in [3.05, 3.63) is 64.6 Å². The highest BCUT2D eigenvalue weighted by Crippen LogP contribution is 2.28. The molecule has 5 rings (SSSR count). The monoisotopic (exact) mass is 418 g/mol. The second-order valence-electron chi connectivity index (χ2n) is 7.72. The number of nitrogens with zero attached hydrogens (tertiary/aromatic N) is 4. The van der Waals surface area contributed by atoms with E-state index in [-0.39, 0.29) is 5.82 Å².